The molecule has 15 heavy (non-hydrogen) atoms. The highest BCUT2D eigenvalue weighted by atomic mass is 79.9. The zero-order chi connectivity index (χ0) is 11.1. The first-order valence-corrected chi connectivity index (χ1v) is 5.52. The van der Waals surface area contributed by atoms with Crippen LogP contribution in [0.5, 0.6) is 5.75 Å². The fraction of sp³-hybridized carbons (Fsp3) is 0.300. The van der Waals surface area contributed by atoms with Gasteiger partial charge in [0.05, 0.1) is 7.11 Å². The molecule has 0 bridgehead atoms. The second kappa shape index (κ2) is 6.29. The maximum absolute atomic E-state index is 11.2. The number of nitrogens with one attached hydrogen (secondary N) is 1. The predicted octanol–water partition coefficient (Wildman–Crippen LogP) is 2.64. The maximum Gasteiger partial charge on any atom is 0.411 e. The van der Waals surface area contributed by atoms with Gasteiger partial charge >= 0.3 is 6.09 Å². The quantitative estimate of drug-likeness (QED) is 0.858. The lowest BCUT2D eigenvalue weighted by Gasteiger charge is -2.06. The molecule has 0 aliphatic heterocycles. The Labute approximate surface area is 96.7 Å². The molecule has 4 nitrogen and oxygen atoms in total. The lowest BCUT2D eigenvalue weighted by atomic mass is 10.3. The number of ether oxygens (including phenoxy) is 2. The Kier molecular flexibility index (Phi) is 4.97. The molecule has 0 unspecified atom stereocenters. The molecule has 1 aromatic carbocycles. The summed E-state index contributed by atoms with van der Waals surface area (Å²) in [5.74, 6) is 0.688. The van der Waals surface area contributed by atoms with Crippen LogP contribution >= 0.6 is 15.9 Å². The van der Waals surface area contributed by atoms with Gasteiger partial charge in [0.15, 0.2) is 0 Å². The number of rotatable bonds is 4. The second-order valence-electron chi connectivity index (χ2n) is 2.68. The Morgan fingerprint density at radius 3 is 3.00 bits per heavy atom. The van der Waals surface area contributed by atoms with Crippen molar-refractivity contribution in [2.45, 2.75) is 0 Å². The minimum Gasteiger partial charge on any atom is -0.497 e. The number of carbonyl (C=O) groups excluding carboxylic acids is 1. The van der Waals surface area contributed by atoms with Crippen molar-refractivity contribution in [2.24, 2.45) is 0 Å². The zero-order valence-corrected chi connectivity index (χ0v) is 9.91. The first kappa shape index (κ1) is 11.8. The molecule has 0 saturated carbocycles. The van der Waals surface area contributed by atoms with Crippen LogP contribution in [0.1, 0.15) is 0 Å². The van der Waals surface area contributed by atoms with E-state index in [9.17, 15) is 4.79 Å². The van der Waals surface area contributed by atoms with Crippen molar-refractivity contribution in [2.75, 3.05) is 24.4 Å². The summed E-state index contributed by atoms with van der Waals surface area (Å²) in [6.45, 7) is 0.343. The summed E-state index contributed by atoms with van der Waals surface area (Å²) < 4.78 is 9.85. The minimum atomic E-state index is -0.470. The number of anilines is 1. The van der Waals surface area contributed by atoms with E-state index in [4.69, 9.17) is 9.47 Å². The van der Waals surface area contributed by atoms with Gasteiger partial charge in [-0.2, -0.15) is 0 Å². The first-order chi connectivity index (χ1) is 7.26. The topological polar surface area (TPSA) is 47.6 Å². The van der Waals surface area contributed by atoms with E-state index in [1.807, 2.05) is 0 Å². The number of halogens is 1. The fourth-order valence-electron chi connectivity index (χ4n) is 0.986. The van der Waals surface area contributed by atoms with E-state index in [0.717, 1.165) is 0 Å². The molecular formula is C10H12BrNO3. The van der Waals surface area contributed by atoms with Crippen LogP contribution in [0.4, 0.5) is 10.5 Å². The molecule has 1 rings (SSSR count). The van der Waals surface area contributed by atoms with Gasteiger partial charge in [0.2, 0.25) is 0 Å². The monoisotopic (exact) mass is 273 g/mol. The van der Waals surface area contributed by atoms with E-state index in [1.54, 1.807) is 31.4 Å². The number of benzene rings is 1. The summed E-state index contributed by atoms with van der Waals surface area (Å²) in [4.78, 5) is 11.2. The number of amides is 1. The number of methoxy groups -OCH3 is 1. The summed E-state index contributed by atoms with van der Waals surface area (Å²) in [5, 5.41) is 3.21. The van der Waals surface area contributed by atoms with E-state index < -0.39 is 6.09 Å². The van der Waals surface area contributed by atoms with Crippen LogP contribution in [0, 0.1) is 0 Å². The summed E-state index contributed by atoms with van der Waals surface area (Å²) in [6.07, 6.45) is -0.470. The van der Waals surface area contributed by atoms with Gasteiger partial charge in [-0.25, -0.2) is 4.79 Å². The number of alkyl halides is 1. The summed E-state index contributed by atoms with van der Waals surface area (Å²) in [7, 11) is 1.57. The molecule has 0 spiro atoms. The highest BCUT2D eigenvalue weighted by Crippen LogP contribution is 2.16. The van der Waals surface area contributed by atoms with Crippen LogP contribution in [0.3, 0.4) is 0 Å². The smallest absolute Gasteiger partial charge is 0.411 e. The van der Waals surface area contributed by atoms with E-state index >= 15 is 0 Å². The molecule has 0 saturated heterocycles. The van der Waals surface area contributed by atoms with Crippen LogP contribution in [-0.4, -0.2) is 25.1 Å². The summed E-state index contributed by atoms with van der Waals surface area (Å²) in [6, 6.07) is 7.07. The Morgan fingerprint density at radius 1 is 1.53 bits per heavy atom. The highest BCUT2D eigenvalue weighted by molar-refractivity contribution is 9.09. The SMILES string of the molecule is COc1cccc(NC(=O)OCCBr)c1. The third-order valence-corrected chi connectivity index (χ3v) is 1.95. The molecule has 0 fully saturated rings. The van der Waals surface area contributed by atoms with E-state index in [-0.39, 0.29) is 0 Å². The van der Waals surface area contributed by atoms with Crippen molar-refractivity contribution in [1.82, 2.24) is 0 Å². The van der Waals surface area contributed by atoms with Crippen molar-refractivity contribution in [3.8, 4) is 5.75 Å². The lowest BCUT2D eigenvalue weighted by Crippen LogP contribution is -2.14. The molecule has 0 atom stereocenters. The van der Waals surface area contributed by atoms with Crippen molar-refractivity contribution < 1.29 is 14.3 Å². The number of carbonyl (C=O) groups is 1. The van der Waals surface area contributed by atoms with E-state index in [1.165, 1.54) is 0 Å². The van der Waals surface area contributed by atoms with Crippen molar-refractivity contribution in [3.63, 3.8) is 0 Å². The molecule has 0 aliphatic rings. The van der Waals surface area contributed by atoms with Crippen molar-refractivity contribution in [1.29, 1.82) is 0 Å². The van der Waals surface area contributed by atoms with Gasteiger partial charge < -0.3 is 9.47 Å². The van der Waals surface area contributed by atoms with Gasteiger partial charge in [0.25, 0.3) is 0 Å². The summed E-state index contributed by atoms with van der Waals surface area (Å²) in [5.41, 5.74) is 0.647. The fourth-order valence-corrected chi connectivity index (χ4v) is 1.15. The average molecular weight is 274 g/mol. The van der Waals surface area contributed by atoms with Gasteiger partial charge in [0.1, 0.15) is 12.4 Å². The van der Waals surface area contributed by atoms with Gasteiger partial charge in [-0.05, 0) is 12.1 Å². The molecule has 0 radical (unpaired) electrons. The molecule has 0 heterocycles. The molecule has 1 amide bonds. The molecule has 0 aliphatic carbocycles. The molecule has 82 valence electrons. The average Bonchev–Trinajstić information content (AvgIpc) is 2.26. The minimum absolute atomic E-state index is 0.343. The van der Waals surface area contributed by atoms with Crippen molar-refractivity contribution >= 4 is 27.7 Å². The standard InChI is InChI=1S/C10H12BrNO3/c1-14-9-4-2-3-8(7-9)12-10(13)15-6-5-11/h2-4,7H,5-6H2,1H3,(H,12,13). The van der Waals surface area contributed by atoms with Crippen LogP contribution in [0.25, 0.3) is 0 Å². The molecule has 0 aromatic heterocycles. The van der Waals surface area contributed by atoms with Crippen LogP contribution in [0.2, 0.25) is 0 Å². The largest absolute Gasteiger partial charge is 0.497 e. The van der Waals surface area contributed by atoms with E-state index in [2.05, 4.69) is 21.2 Å². The maximum atomic E-state index is 11.2. The Morgan fingerprint density at radius 2 is 2.33 bits per heavy atom. The van der Waals surface area contributed by atoms with Gasteiger partial charge in [-0.1, -0.05) is 22.0 Å². The Bertz CT molecular complexity index is 330. The third kappa shape index (κ3) is 4.20. The summed E-state index contributed by atoms with van der Waals surface area (Å²) >= 11 is 3.16. The van der Waals surface area contributed by atoms with Crippen molar-refractivity contribution in [3.05, 3.63) is 24.3 Å². The highest BCUT2D eigenvalue weighted by Gasteiger charge is 2.02. The lowest BCUT2D eigenvalue weighted by molar-refractivity contribution is 0.169. The normalized spacial score (nSPS) is 9.47. The molecular weight excluding hydrogens is 262 g/mol. The van der Waals surface area contributed by atoms with Crippen LogP contribution in [-0.2, 0) is 4.74 Å². The Balaban J connectivity index is 2.52. The van der Waals surface area contributed by atoms with Crippen LogP contribution < -0.4 is 10.1 Å². The van der Waals surface area contributed by atoms with Gasteiger partial charge in [-0.15, -0.1) is 0 Å². The number of hydrogen-bond acceptors (Lipinski definition) is 3. The third-order valence-electron chi connectivity index (χ3n) is 1.63. The molecule has 1 aromatic rings. The first-order valence-electron chi connectivity index (χ1n) is 4.40. The number of hydrogen-bond donors (Lipinski definition) is 1. The Hall–Kier alpha value is -1.23. The zero-order valence-electron chi connectivity index (χ0n) is 8.33. The van der Waals surface area contributed by atoms with Gasteiger partial charge in [0, 0.05) is 17.1 Å². The predicted molar refractivity (Wildman–Crippen MR) is 61.8 cm³/mol. The van der Waals surface area contributed by atoms with Crippen LogP contribution in [0.15, 0.2) is 24.3 Å². The van der Waals surface area contributed by atoms with E-state index in [0.29, 0.717) is 23.4 Å². The van der Waals surface area contributed by atoms with Gasteiger partial charge in [-0.3, -0.25) is 5.32 Å². The molecule has 1 N–H and O–H groups in total. The second-order valence-corrected chi connectivity index (χ2v) is 3.47. The molecule has 5 heteroatoms.